The van der Waals surface area contributed by atoms with Crippen molar-refractivity contribution < 1.29 is 23.9 Å². The predicted octanol–water partition coefficient (Wildman–Crippen LogP) is 3.82. The van der Waals surface area contributed by atoms with Gasteiger partial charge in [-0.05, 0) is 63.1 Å². The number of ether oxygens (including phenoxy) is 2. The lowest BCUT2D eigenvalue weighted by atomic mass is 10.0. The topological polar surface area (TPSA) is 112 Å². The zero-order chi connectivity index (χ0) is 26.2. The van der Waals surface area contributed by atoms with Crippen LogP contribution in [-0.4, -0.2) is 46.8 Å². The lowest BCUT2D eigenvalue weighted by Crippen LogP contribution is -2.45. The molecule has 9 heteroatoms. The van der Waals surface area contributed by atoms with Crippen molar-refractivity contribution in [2.24, 2.45) is 5.92 Å². The molecule has 2 N–H and O–H groups in total. The standard InChI is InChI=1S/C27H32N4O5/c1-6-35-22-14-12-20(13-15-22)26(33)29-24(17(2)3)27(34)36-16-23(32)28-25-18(4)30-31(19(25)5)21-10-8-7-9-11-21/h7-15,17,24H,6,16H2,1-5H3,(H,28,32)(H,29,33). The molecular formula is C27H32N4O5. The van der Waals surface area contributed by atoms with Crippen molar-refractivity contribution in [3.05, 3.63) is 71.5 Å². The van der Waals surface area contributed by atoms with Crippen molar-refractivity contribution in [3.63, 3.8) is 0 Å². The molecule has 0 aliphatic carbocycles. The van der Waals surface area contributed by atoms with Gasteiger partial charge in [0.1, 0.15) is 11.8 Å². The Morgan fingerprint density at radius 3 is 2.28 bits per heavy atom. The molecule has 3 aromatic rings. The minimum Gasteiger partial charge on any atom is -0.494 e. The molecule has 0 bridgehead atoms. The van der Waals surface area contributed by atoms with Crippen LogP contribution >= 0.6 is 0 Å². The summed E-state index contributed by atoms with van der Waals surface area (Å²) < 4.78 is 12.4. The molecule has 0 fully saturated rings. The van der Waals surface area contributed by atoms with Crippen LogP contribution in [0.25, 0.3) is 5.69 Å². The fourth-order valence-electron chi connectivity index (χ4n) is 3.64. The first-order valence-corrected chi connectivity index (χ1v) is 11.8. The fraction of sp³-hybridized carbons (Fsp3) is 0.333. The Hall–Kier alpha value is -4.14. The second-order valence-corrected chi connectivity index (χ2v) is 8.60. The number of para-hydroxylation sites is 1. The number of rotatable bonds is 10. The molecule has 190 valence electrons. The minimum atomic E-state index is -0.916. The summed E-state index contributed by atoms with van der Waals surface area (Å²) in [5.74, 6) is -1.20. The number of esters is 1. The Bertz CT molecular complexity index is 1200. The molecular weight excluding hydrogens is 460 g/mol. The number of amides is 2. The maximum Gasteiger partial charge on any atom is 0.329 e. The van der Waals surface area contributed by atoms with E-state index < -0.39 is 30.4 Å². The quantitative estimate of drug-likeness (QED) is 0.416. The summed E-state index contributed by atoms with van der Waals surface area (Å²) >= 11 is 0. The van der Waals surface area contributed by atoms with Crippen molar-refractivity contribution in [1.82, 2.24) is 15.1 Å². The average Bonchev–Trinajstić information content (AvgIpc) is 3.15. The first-order valence-electron chi connectivity index (χ1n) is 11.8. The SMILES string of the molecule is CCOc1ccc(C(=O)NC(C(=O)OCC(=O)Nc2c(C)nn(-c3ccccc3)c2C)C(C)C)cc1. The van der Waals surface area contributed by atoms with Gasteiger partial charge in [-0.25, -0.2) is 9.48 Å². The molecule has 2 amide bonds. The van der Waals surface area contributed by atoms with Gasteiger partial charge in [-0.15, -0.1) is 0 Å². The molecule has 3 rings (SSSR count). The lowest BCUT2D eigenvalue weighted by Gasteiger charge is -2.21. The molecule has 9 nitrogen and oxygen atoms in total. The Labute approximate surface area is 210 Å². The van der Waals surface area contributed by atoms with Crippen molar-refractivity contribution in [1.29, 1.82) is 0 Å². The molecule has 0 aliphatic rings. The maximum atomic E-state index is 12.7. The Kier molecular flexibility index (Phi) is 8.83. The summed E-state index contributed by atoms with van der Waals surface area (Å²) in [5.41, 5.74) is 3.20. The summed E-state index contributed by atoms with van der Waals surface area (Å²) in [6.07, 6.45) is 0. The van der Waals surface area contributed by atoms with Crippen LogP contribution in [0, 0.1) is 19.8 Å². The number of hydrogen-bond acceptors (Lipinski definition) is 6. The summed E-state index contributed by atoms with van der Waals surface area (Å²) in [7, 11) is 0. The highest BCUT2D eigenvalue weighted by Crippen LogP contribution is 2.22. The number of anilines is 1. The van der Waals surface area contributed by atoms with Gasteiger partial charge in [-0.3, -0.25) is 9.59 Å². The summed E-state index contributed by atoms with van der Waals surface area (Å²) in [4.78, 5) is 37.9. The largest absolute Gasteiger partial charge is 0.494 e. The third kappa shape index (κ3) is 6.50. The second kappa shape index (κ2) is 12.0. The Morgan fingerprint density at radius 1 is 1.00 bits per heavy atom. The number of carbonyl (C=O) groups is 3. The van der Waals surface area contributed by atoms with E-state index in [1.165, 1.54) is 0 Å². The molecule has 0 radical (unpaired) electrons. The van der Waals surface area contributed by atoms with Crippen LogP contribution in [0.3, 0.4) is 0 Å². The van der Waals surface area contributed by atoms with E-state index in [0.717, 1.165) is 11.4 Å². The normalized spacial score (nSPS) is 11.6. The van der Waals surface area contributed by atoms with E-state index >= 15 is 0 Å². The van der Waals surface area contributed by atoms with Crippen LogP contribution in [0.4, 0.5) is 5.69 Å². The zero-order valence-electron chi connectivity index (χ0n) is 21.2. The predicted molar refractivity (Wildman–Crippen MR) is 136 cm³/mol. The number of hydrogen-bond donors (Lipinski definition) is 2. The van der Waals surface area contributed by atoms with Crippen molar-refractivity contribution in [3.8, 4) is 11.4 Å². The molecule has 0 saturated heterocycles. The number of benzene rings is 2. The number of nitrogens with one attached hydrogen (secondary N) is 2. The minimum absolute atomic E-state index is 0.249. The maximum absolute atomic E-state index is 12.7. The lowest BCUT2D eigenvalue weighted by molar-refractivity contribution is -0.150. The molecule has 1 atom stereocenters. The summed E-state index contributed by atoms with van der Waals surface area (Å²) in [5, 5.41) is 9.97. The van der Waals surface area contributed by atoms with Gasteiger partial charge >= 0.3 is 5.97 Å². The number of carbonyl (C=O) groups excluding carboxylic acids is 3. The van der Waals surface area contributed by atoms with Gasteiger partial charge in [0, 0.05) is 5.56 Å². The molecule has 0 saturated carbocycles. The molecule has 2 aromatic carbocycles. The molecule has 1 aromatic heterocycles. The van der Waals surface area contributed by atoms with Gasteiger partial charge in [-0.2, -0.15) is 5.10 Å². The highest BCUT2D eigenvalue weighted by molar-refractivity contribution is 5.98. The smallest absolute Gasteiger partial charge is 0.329 e. The van der Waals surface area contributed by atoms with Crippen molar-refractivity contribution in [2.45, 2.75) is 40.7 Å². The monoisotopic (exact) mass is 492 g/mol. The van der Waals surface area contributed by atoms with Gasteiger partial charge in [0.25, 0.3) is 11.8 Å². The van der Waals surface area contributed by atoms with Gasteiger partial charge in [0.15, 0.2) is 6.61 Å². The van der Waals surface area contributed by atoms with Gasteiger partial charge < -0.3 is 20.1 Å². The highest BCUT2D eigenvalue weighted by Gasteiger charge is 2.27. The molecule has 36 heavy (non-hydrogen) atoms. The van der Waals surface area contributed by atoms with Crippen LogP contribution in [0.2, 0.25) is 0 Å². The average molecular weight is 493 g/mol. The van der Waals surface area contributed by atoms with Gasteiger partial charge in [0.05, 0.1) is 29.4 Å². The molecule has 1 unspecified atom stereocenters. The first-order chi connectivity index (χ1) is 17.2. The van der Waals surface area contributed by atoms with E-state index in [9.17, 15) is 14.4 Å². The van der Waals surface area contributed by atoms with E-state index in [1.54, 1.807) is 49.7 Å². The van der Waals surface area contributed by atoms with Crippen LogP contribution in [0.1, 0.15) is 42.5 Å². The van der Waals surface area contributed by atoms with Crippen molar-refractivity contribution in [2.75, 3.05) is 18.5 Å². The van der Waals surface area contributed by atoms with E-state index in [-0.39, 0.29) is 5.92 Å². The van der Waals surface area contributed by atoms with Crippen LogP contribution in [-0.2, 0) is 14.3 Å². The van der Waals surface area contributed by atoms with Crippen molar-refractivity contribution >= 4 is 23.5 Å². The number of aromatic nitrogens is 2. The Morgan fingerprint density at radius 2 is 1.67 bits per heavy atom. The van der Waals surface area contributed by atoms with Crippen LogP contribution in [0.5, 0.6) is 5.75 Å². The highest BCUT2D eigenvalue weighted by atomic mass is 16.5. The first kappa shape index (κ1) is 26.5. The zero-order valence-corrected chi connectivity index (χ0v) is 21.2. The second-order valence-electron chi connectivity index (χ2n) is 8.60. The third-order valence-electron chi connectivity index (χ3n) is 5.54. The molecule has 1 heterocycles. The fourth-order valence-corrected chi connectivity index (χ4v) is 3.64. The number of nitrogens with zero attached hydrogens (tertiary/aromatic N) is 2. The van der Waals surface area contributed by atoms with Crippen LogP contribution < -0.4 is 15.4 Å². The summed E-state index contributed by atoms with van der Waals surface area (Å²) in [6, 6.07) is 15.3. The third-order valence-corrected chi connectivity index (χ3v) is 5.54. The van der Waals surface area contributed by atoms with E-state index in [1.807, 2.05) is 44.2 Å². The van der Waals surface area contributed by atoms with Gasteiger partial charge in [0.2, 0.25) is 0 Å². The van der Waals surface area contributed by atoms with Gasteiger partial charge in [-0.1, -0.05) is 32.0 Å². The number of aryl methyl sites for hydroxylation is 1. The van der Waals surface area contributed by atoms with Crippen LogP contribution in [0.15, 0.2) is 54.6 Å². The van der Waals surface area contributed by atoms with E-state index in [4.69, 9.17) is 9.47 Å². The van der Waals surface area contributed by atoms with E-state index in [2.05, 4.69) is 15.7 Å². The Balaban J connectivity index is 1.59. The molecule has 0 spiro atoms. The molecule has 0 aliphatic heterocycles. The summed E-state index contributed by atoms with van der Waals surface area (Å²) in [6.45, 7) is 9.12. The van der Waals surface area contributed by atoms with E-state index in [0.29, 0.717) is 29.3 Å².